The number of carbonyl (C=O) groups excluding carboxylic acids is 2. The van der Waals surface area contributed by atoms with Gasteiger partial charge in [-0.3, -0.25) is 9.59 Å². The van der Waals surface area contributed by atoms with E-state index in [2.05, 4.69) is 10.1 Å². The van der Waals surface area contributed by atoms with E-state index in [9.17, 15) is 14.7 Å². The lowest BCUT2D eigenvalue weighted by atomic mass is 9.93. The molecule has 0 aliphatic carbocycles. The number of anilines is 1. The highest BCUT2D eigenvalue weighted by atomic mass is 16.7. The van der Waals surface area contributed by atoms with Crippen molar-refractivity contribution < 1.29 is 33.6 Å². The zero-order chi connectivity index (χ0) is 26.8. The summed E-state index contributed by atoms with van der Waals surface area (Å²) in [6.07, 6.45) is -1.87. The largest absolute Gasteiger partial charge is 0.456 e. The first-order valence-corrected chi connectivity index (χ1v) is 11.9. The molecule has 198 valence electrons. The number of esters is 2. The normalized spacial score (nSPS) is 23.8. The fraction of sp³-hybridized carbons (Fsp3) is 0.462. The van der Waals surface area contributed by atoms with Crippen LogP contribution in [-0.2, 0) is 40.6 Å². The van der Waals surface area contributed by atoms with Crippen molar-refractivity contribution in [1.29, 1.82) is 0 Å². The van der Waals surface area contributed by atoms with Crippen LogP contribution in [0.4, 0.5) is 5.82 Å². The number of nitrogens with two attached hydrogens (primary N) is 1. The molecule has 3 aromatic rings. The van der Waals surface area contributed by atoms with Crippen LogP contribution in [0.25, 0.3) is 5.52 Å². The molecule has 1 aliphatic heterocycles. The number of rotatable bonds is 8. The Morgan fingerprint density at radius 1 is 1.19 bits per heavy atom. The molecule has 1 aromatic carbocycles. The van der Waals surface area contributed by atoms with Gasteiger partial charge in [0.15, 0.2) is 18.7 Å². The number of hydrogen-bond donors (Lipinski definition) is 2. The van der Waals surface area contributed by atoms with Crippen molar-refractivity contribution in [1.82, 2.24) is 14.6 Å². The van der Waals surface area contributed by atoms with Gasteiger partial charge in [-0.25, -0.2) is 9.50 Å². The predicted molar refractivity (Wildman–Crippen MR) is 132 cm³/mol. The minimum Gasteiger partial charge on any atom is -0.456 e. The van der Waals surface area contributed by atoms with Gasteiger partial charge in [-0.2, -0.15) is 5.10 Å². The van der Waals surface area contributed by atoms with Crippen LogP contribution < -0.4 is 5.73 Å². The van der Waals surface area contributed by atoms with Crippen LogP contribution in [0.5, 0.6) is 0 Å². The van der Waals surface area contributed by atoms with Gasteiger partial charge in [0.2, 0.25) is 0 Å². The summed E-state index contributed by atoms with van der Waals surface area (Å²) in [7, 11) is 0. The number of benzene rings is 1. The summed E-state index contributed by atoms with van der Waals surface area (Å²) in [6.45, 7) is 6.46. The van der Waals surface area contributed by atoms with Crippen molar-refractivity contribution in [2.24, 2.45) is 5.41 Å². The number of fused-ring (bicyclic) bond motifs is 1. The minimum absolute atomic E-state index is 0.0232. The number of aromatic nitrogens is 3. The second kappa shape index (κ2) is 10.4. The first kappa shape index (κ1) is 26.5. The van der Waals surface area contributed by atoms with E-state index >= 15 is 0 Å². The molecule has 0 amide bonds. The third-order valence-electron chi connectivity index (χ3n) is 6.26. The van der Waals surface area contributed by atoms with Crippen LogP contribution in [0.1, 0.15) is 39.0 Å². The molecular weight excluding hydrogens is 480 g/mol. The van der Waals surface area contributed by atoms with Gasteiger partial charge in [0.05, 0.1) is 24.1 Å². The topological polar surface area (TPSA) is 148 Å². The molecule has 2 aromatic heterocycles. The Bertz CT molecular complexity index is 1260. The van der Waals surface area contributed by atoms with E-state index in [0.717, 1.165) is 5.56 Å². The highest BCUT2D eigenvalue weighted by Crippen LogP contribution is 2.41. The highest BCUT2D eigenvalue weighted by Gasteiger charge is 2.56. The van der Waals surface area contributed by atoms with Gasteiger partial charge >= 0.3 is 11.9 Å². The maximum absolute atomic E-state index is 12.8. The summed E-state index contributed by atoms with van der Waals surface area (Å²) in [4.78, 5) is 28.8. The van der Waals surface area contributed by atoms with Crippen molar-refractivity contribution in [3.63, 3.8) is 0 Å². The monoisotopic (exact) mass is 512 g/mol. The average Bonchev–Trinajstić information content (AvgIpc) is 3.39. The number of aliphatic hydroxyl groups excluding tert-OH is 1. The van der Waals surface area contributed by atoms with Crippen LogP contribution in [0, 0.1) is 5.41 Å². The minimum atomic E-state index is -1.33. The molecular formula is C26H32N4O7. The van der Waals surface area contributed by atoms with E-state index in [1.54, 1.807) is 39.8 Å². The van der Waals surface area contributed by atoms with E-state index in [0.29, 0.717) is 11.2 Å². The van der Waals surface area contributed by atoms with Crippen LogP contribution in [0.3, 0.4) is 0 Å². The number of aliphatic hydroxyl groups is 1. The van der Waals surface area contributed by atoms with Gasteiger partial charge in [-0.15, -0.1) is 0 Å². The number of ether oxygens (including phenoxy) is 4. The van der Waals surface area contributed by atoms with Gasteiger partial charge < -0.3 is 29.8 Å². The standard InChI is InChI=1S/C26H32N4O7/c1-25(2,3)24(33)35-15-34-13-18-21(36-20(31)12-16-8-6-5-7-9-16)22(32)26(4,37-18)19-11-10-17-23(27)28-14-29-30(17)19/h5-11,14,18,21-22,32H,12-13,15H2,1-4H3,(H2,27,28,29)/t18-,21-,22-,26+/m1/s1. The quantitative estimate of drug-likeness (QED) is 0.261. The number of nitrogens with zero attached hydrogens (tertiary/aromatic N) is 3. The first-order valence-electron chi connectivity index (χ1n) is 11.9. The smallest absolute Gasteiger partial charge is 0.313 e. The van der Waals surface area contributed by atoms with E-state index in [-0.39, 0.29) is 25.6 Å². The van der Waals surface area contributed by atoms with Crippen molar-refractivity contribution in [2.45, 2.75) is 58.0 Å². The van der Waals surface area contributed by atoms with Crippen LogP contribution in [0.2, 0.25) is 0 Å². The molecule has 1 saturated heterocycles. The van der Waals surface area contributed by atoms with E-state index in [1.807, 2.05) is 30.3 Å². The van der Waals surface area contributed by atoms with Gasteiger partial charge in [0.25, 0.3) is 0 Å². The van der Waals surface area contributed by atoms with E-state index < -0.39 is 41.3 Å². The van der Waals surface area contributed by atoms with Gasteiger partial charge in [0, 0.05) is 0 Å². The SMILES string of the molecule is CC(C)(C)C(=O)OCOC[C@H]1O[C@@](C)(c2ccc3c(N)ncnn23)[C@H](O)[C@@H]1OC(=O)Cc1ccccc1. The molecule has 4 rings (SSSR count). The number of hydrogen-bond acceptors (Lipinski definition) is 10. The molecule has 3 N–H and O–H groups in total. The number of carbonyl (C=O) groups is 2. The summed E-state index contributed by atoms with van der Waals surface area (Å²) in [5.41, 5.74) is 5.77. The van der Waals surface area contributed by atoms with Crippen LogP contribution >= 0.6 is 0 Å². The Kier molecular flexibility index (Phi) is 7.49. The molecule has 0 spiro atoms. The van der Waals surface area contributed by atoms with Gasteiger partial charge in [0.1, 0.15) is 29.7 Å². The molecule has 0 unspecified atom stereocenters. The highest BCUT2D eigenvalue weighted by molar-refractivity contribution is 5.75. The third kappa shape index (κ3) is 5.58. The second-order valence-electron chi connectivity index (χ2n) is 10.2. The molecule has 0 bridgehead atoms. The Morgan fingerprint density at radius 3 is 2.62 bits per heavy atom. The Hall–Kier alpha value is -3.54. The average molecular weight is 513 g/mol. The molecule has 4 atom stereocenters. The fourth-order valence-electron chi connectivity index (χ4n) is 4.21. The fourth-order valence-corrected chi connectivity index (χ4v) is 4.21. The lowest BCUT2D eigenvalue weighted by Gasteiger charge is -2.27. The molecule has 1 aliphatic rings. The second-order valence-corrected chi connectivity index (χ2v) is 10.2. The van der Waals surface area contributed by atoms with E-state index in [4.69, 9.17) is 24.7 Å². The van der Waals surface area contributed by atoms with Crippen molar-refractivity contribution in [3.05, 3.63) is 60.0 Å². The van der Waals surface area contributed by atoms with Gasteiger partial charge in [-0.1, -0.05) is 30.3 Å². The molecule has 3 heterocycles. The molecule has 1 fully saturated rings. The zero-order valence-corrected chi connectivity index (χ0v) is 21.3. The summed E-state index contributed by atoms with van der Waals surface area (Å²) in [5, 5.41) is 15.7. The summed E-state index contributed by atoms with van der Waals surface area (Å²) >= 11 is 0. The summed E-state index contributed by atoms with van der Waals surface area (Å²) in [6, 6.07) is 12.6. The van der Waals surface area contributed by atoms with Crippen LogP contribution in [-0.4, -0.2) is 63.4 Å². The predicted octanol–water partition coefficient (Wildman–Crippen LogP) is 2.00. The lowest BCUT2D eigenvalue weighted by Crippen LogP contribution is -2.42. The van der Waals surface area contributed by atoms with Crippen LogP contribution in [0.15, 0.2) is 48.8 Å². The van der Waals surface area contributed by atoms with Crippen molar-refractivity contribution in [3.8, 4) is 0 Å². The Balaban J connectivity index is 1.54. The third-order valence-corrected chi connectivity index (χ3v) is 6.26. The lowest BCUT2D eigenvalue weighted by molar-refractivity contribution is -0.173. The molecule has 37 heavy (non-hydrogen) atoms. The molecule has 0 saturated carbocycles. The van der Waals surface area contributed by atoms with Crippen molar-refractivity contribution >= 4 is 23.3 Å². The zero-order valence-electron chi connectivity index (χ0n) is 21.3. The molecule has 0 radical (unpaired) electrons. The maximum atomic E-state index is 12.8. The maximum Gasteiger partial charge on any atom is 0.313 e. The molecule has 11 heteroatoms. The Labute approximate surface area is 214 Å². The van der Waals surface area contributed by atoms with Gasteiger partial charge in [-0.05, 0) is 45.4 Å². The first-order chi connectivity index (χ1) is 17.5. The summed E-state index contributed by atoms with van der Waals surface area (Å²) < 4.78 is 24.3. The summed E-state index contributed by atoms with van der Waals surface area (Å²) in [5.74, 6) is -0.685. The number of nitrogen functional groups attached to an aromatic ring is 1. The Morgan fingerprint density at radius 2 is 1.92 bits per heavy atom. The van der Waals surface area contributed by atoms with Crippen molar-refractivity contribution in [2.75, 3.05) is 19.1 Å². The molecule has 11 nitrogen and oxygen atoms in total. The van der Waals surface area contributed by atoms with E-state index in [1.165, 1.54) is 10.8 Å².